The minimum Gasteiger partial charge on any atom is -0.293 e. The number of aromatic nitrogens is 2. The van der Waals surface area contributed by atoms with Crippen molar-refractivity contribution < 1.29 is 13.2 Å². The van der Waals surface area contributed by atoms with Gasteiger partial charge in [0, 0.05) is 12.5 Å². The van der Waals surface area contributed by atoms with E-state index in [-0.39, 0.29) is 15.5 Å². The van der Waals surface area contributed by atoms with Crippen LogP contribution in [0.3, 0.4) is 0 Å². The van der Waals surface area contributed by atoms with Gasteiger partial charge in [0.2, 0.25) is 9.84 Å². The van der Waals surface area contributed by atoms with Gasteiger partial charge in [-0.15, -0.1) is 0 Å². The molecule has 0 spiro atoms. The average Bonchev–Trinajstić information content (AvgIpc) is 3.17. The summed E-state index contributed by atoms with van der Waals surface area (Å²) in [5.41, 5.74) is 1.62. The molecule has 3 aromatic carbocycles. The Balaban J connectivity index is 2.12. The molecule has 0 fully saturated rings. The van der Waals surface area contributed by atoms with Crippen LogP contribution in [0, 0.1) is 0 Å². The molecule has 0 unspecified atom stereocenters. The molecule has 6 heteroatoms. The summed E-state index contributed by atoms with van der Waals surface area (Å²) in [5.74, 6) is -0.411. The summed E-state index contributed by atoms with van der Waals surface area (Å²) in [6, 6.07) is 26.4. The lowest BCUT2D eigenvalue weighted by atomic mass is 10.1. The van der Waals surface area contributed by atoms with Crippen molar-refractivity contribution in [2.75, 3.05) is 0 Å². The second kappa shape index (κ2) is 7.48. The molecular weight excluding hydrogens is 384 g/mol. The van der Waals surface area contributed by atoms with Gasteiger partial charge >= 0.3 is 0 Å². The van der Waals surface area contributed by atoms with Crippen LogP contribution in [0.1, 0.15) is 17.4 Å². The summed E-state index contributed by atoms with van der Waals surface area (Å²) in [6.45, 7) is 1.33. The monoisotopic (exact) mass is 402 g/mol. The molecule has 144 valence electrons. The van der Waals surface area contributed by atoms with Gasteiger partial charge in [0.1, 0.15) is 10.6 Å². The maximum absolute atomic E-state index is 13.6. The number of carbonyl (C=O) groups excluding carboxylic acids is 1. The number of rotatable bonds is 5. The summed E-state index contributed by atoms with van der Waals surface area (Å²) in [6.07, 6.45) is 0. The van der Waals surface area contributed by atoms with Crippen molar-refractivity contribution in [3.8, 4) is 16.9 Å². The molecule has 4 rings (SSSR count). The quantitative estimate of drug-likeness (QED) is 0.459. The highest BCUT2D eigenvalue weighted by Gasteiger charge is 2.33. The Hall–Kier alpha value is -3.51. The first-order valence-electron chi connectivity index (χ1n) is 9.05. The second-order valence-corrected chi connectivity index (χ2v) is 8.40. The summed E-state index contributed by atoms with van der Waals surface area (Å²) in [7, 11) is -3.98. The van der Waals surface area contributed by atoms with Crippen LogP contribution in [0.4, 0.5) is 0 Å². The molecular formula is C23H18N2O3S. The fraction of sp³-hybridized carbons (Fsp3) is 0.0435. The summed E-state index contributed by atoms with van der Waals surface area (Å²) >= 11 is 0. The lowest BCUT2D eigenvalue weighted by Crippen LogP contribution is -2.08. The van der Waals surface area contributed by atoms with Crippen LogP contribution in [-0.4, -0.2) is 24.0 Å². The zero-order valence-corrected chi connectivity index (χ0v) is 16.5. The predicted octanol–water partition coefficient (Wildman–Crippen LogP) is 4.57. The SMILES string of the molecule is CC(=O)c1nn(-c2ccccc2)c(-c2ccccc2)c1S(=O)(=O)c1ccccc1. The van der Waals surface area contributed by atoms with Crippen molar-refractivity contribution in [2.45, 2.75) is 16.7 Å². The van der Waals surface area contributed by atoms with Crippen molar-refractivity contribution >= 4 is 15.6 Å². The molecule has 0 amide bonds. The van der Waals surface area contributed by atoms with Crippen LogP contribution >= 0.6 is 0 Å². The Bertz CT molecular complexity index is 1260. The van der Waals surface area contributed by atoms with E-state index in [1.165, 1.54) is 23.7 Å². The van der Waals surface area contributed by atoms with Gasteiger partial charge in [-0.25, -0.2) is 13.1 Å². The van der Waals surface area contributed by atoms with Crippen LogP contribution in [0.5, 0.6) is 0 Å². The molecule has 5 nitrogen and oxygen atoms in total. The van der Waals surface area contributed by atoms with Gasteiger partial charge in [0.15, 0.2) is 5.78 Å². The summed E-state index contributed by atoms with van der Waals surface area (Å²) in [5, 5.41) is 4.44. The van der Waals surface area contributed by atoms with Crippen LogP contribution < -0.4 is 0 Å². The first-order valence-corrected chi connectivity index (χ1v) is 10.5. The van der Waals surface area contributed by atoms with E-state index < -0.39 is 15.6 Å². The van der Waals surface area contributed by atoms with E-state index >= 15 is 0 Å². The number of benzene rings is 3. The average molecular weight is 402 g/mol. The van der Waals surface area contributed by atoms with Crippen molar-refractivity contribution in [1.29, 1.82) is 0 Å². The minimum absolute atomic E-state index is 0.0726. The topological polar surface area (TPSA) is 69.0 Å². The number of Topliss-reactive ketones (excluding diaryl/α,β-unsaturated/α-hetero) is 1. The fourth-order valence-electron chi connectivity index (χ4n) is 3.21. The molecule has 0 aliphatic rings. The molecule has 0 aliphatic heterocycles. The largest absolute Gasteiger partial charge is 0.293 e. The van der Waals surface area contributed by atoms with E-state index in [2.05, 4.69) is 5.10 Å². The number of ketones is 1. The zero-order valence-electron chi connectivity index (χ0n) is 15.7. The van der Waals surface area contributed by atoms with Gasteiger partial charge in [-0.05, 0) is 24.3 Å². The Labute approximate surface area is 169 Å². The van der Waals surface area contributed by atoms with E-state index in [1.807, 2.05) is 60.7 Å². The molecule has 0 bridgehead atoms. The van der Waals surface area contributed by atoms with E-state index in [9.17, 15) is 13.2 Å². The smallest absolute Gasteiger partial charge is 0.211 e. The summed E-state index contributed by atoms with van der Waals surface area (Å²) in [4.78, 5) is 12.5. The highest BCUT2D eigenvalue weighted by atomic mass is 32.2. The lowest BCUT2D eigenvalue weighted by Gasteiger charge is -2.11. The van der Waals surface area contributed by atoms with Crippen LogP contribution in [-0.2, 0) is 9.84 Å². The number of para-hydroxylation sites is 1. The molecule has 0 saturated heterocycles. The highest BCUT2D eigenvalue weighted by Crippen LogP contribution is 2.36. The zero-order chi connectivity index (χ0) is 20.4. The molecule has 1 aromatic heterocycles. The van der Waals surface area contributed by atoms with Crippen molar-refractivity contribution in [3.63, 3.8) is 0 Å². The van der Waals surface area contributed by atoms with Crippen molar-refractivity contribution in [1.82, 2.24) is 9.78 Å². The van der Waals surface area contributed by atoms with Gasteiger partial charge in [-0.1, -0.05) is 66.7 Å². The van der Waals surface area contributed by atoms with Crippen molar-refractivity contribution in [3.05, 3.63) is 96.7 Å². The van der Waals surface area contributed by atoms with Crippen LogP contribution in [0.2, 0.25) is 0 Å². The molecule has 1 heterocycles. The number of sulfone groups is 1. The maximum atomic E-state index is 13.6. The Morgan fingerprint density at radius 1 is 0.793 bits per heavy atom. The predicted molar refractivity (Wildman–Crippen MR) is 111 cm³/mol. The number of hydrogen-bond donors (Lipinski definition) is 0. The normalized spacial score (nSPS) is 11.3. The van der Waals surface area contributed by atoms with Crippen LogP contribution in [0.25, 0.3) is 16.9 Å². The standard InChI is InChI=1S/C23H18N2O3S/c1-17(26)21-23(29(27,28)20-15-9-4-10-16-20)22(18-11-5-2-6-12-18)25(24-21)19-13-7-3-8-14-19/h2-16H,1H3. The third-order valence-corrected chi connectivity index (χ3v) is 6.36. The third-order valence-electron chi connectivity index (χ3n) is 4.55. The van der Waals surface area contributed by atoms with Gasteiger partial charge in [-0.2, -0.15) is 5.10 Å². The maximum Gasteiger partial charge on any atom is 0.211 e. The first-order chi connectivity index (χ1) is 14.0. The number of carbonyl (C=O) groups is 1. The molecule has 0 aliphatic carbocycles. The second-order valence-electron chi connectivity index (χ2n) is 6.51. The van der Waals surface area contributed by atoms with E-state index in [0.717, 1.165) is 0 Å². The molecule has 29 heavy (non-hydrogen) atoms. The molecule has 0 saturated carbocycles. The molecule has 0 radical (unpaired) electrons. The lowest BCUT2D eigenvalue weighted by molar-refractivity contribution is 0.100. The van der Waals surface area contributed by atoms with Crippen LogP contribution in [0.15, 0.2) is 101 Å². The van der Waals surface area contributed by atoms with E-state index in [1.54, 1.807) is 18.2 Å². The van der Waals surface area contributed by atoms with E-state index in [4.69, 9.17) is 0 Å². The van der Waals surface area contributed by atoms with E-state index in [0.29, 0.717) is 16.9 Å². The molecule has 4 aromatic rings. The Morgan fingerprint density at radius 3 is 1.86 bits per heavy atom. The van der Waals surface area contributed by atoms with Gasteiger partial charge in [0.05, 0.1) is 16.3 Å². The van der Waals surface area contributed by atoms with Gasteiger partial charge < -0.3 is 0 Å². The molecule has 0 atom stereocenters. The Morgan fingerprint density at radius 2 is 1.31 bits per heavy atom. The molecule has 0 N–H and O–H groups in total. The van der Waals surface area contributed by atoms with Crippen molar-refractivity contribution in [2.24, 2.45) is 0 Å². The Kier molecular flexibility index (Phi) is 4.86. The highest BCUT2D eigenvalue weighted by molar-refractivity contribution is 7.91. The van der Waals surface area contributed by atoms with Gasteiger partial charge in [-0.3, -0.25) is 4.79 Å². The minimum atomic E-state index is -3.98. The first kappa shape index (κ1) is 18.8. The summed E-state index contributed by atoms with van der Waals surface area (Å²) < 4.78 is 28.7. The van der Waals surface area contributed by atoms with Gasteiger partial charge in [0.25, 0.3) is 0 Å². The fourth-order valence-corrected chi connectivity index (χ4v) is 4.86. The number of hydrogen-bond acceptors (Lipinski definition) is 4. The number of nitrogens with zero attached hydrogens (tertiary/aromatic N) is 2. The third kappa shape index (κ3) is 3.39.